The van der Waals surface area contributed by atoms with E-state index in [9.17, 15) is 18.0 Å². The second-order valence-electron chi connectivity index (χ2n) is 3.55. The molecule has 3 nitrogen and oxygen atoms in total. The molecule has 0 amide bonds. The number of carboxylic acid groups (broad SMARTS) is 1. The zero-order valence-corrected chi connectivity index (χ0v) is 9.04. The molecule has 0 saturated heterocycles. The van der Waals surface area contributed by atoms with Gasteiger partial charge in [0.05, 0.1) is 0 Å². The first kappa shape index (κ1) is 13.3. The maximum Gasteiger partial charge on any atom is 0.573 e. The predicted octanol–water partition coefficient (Wildman–Crippen LogP) is 2.91. The average Bonchev–Trinajstić information content (AvgIpc) is 2.13. The van der Waals surface area contributed by atoms with E-state index in [-0.39, 0.29) is 24.2 Å². The number of carboxylic acids is 1. The number of alkyl halides is 3. The third-order valence-electron chi connectivity index (χ3n) is 2.06. The van der Waals surface area contributed by atoms with Crippen molar-refractivity contribution in [2.75, 3.05) is 0 Å². The first-order valence-electron chi connectivity index (χ1n) is 4.85. The highest BCUT2D eigenvalue weighted by atomic mass is 19.4. The number of benzene rings is 1. The van der Waals surface area contributed by atoms with Crippen LogP contribution in [0.1, 0.15) is 17.5 Å². The Morgan fingerprint density at radius 2 is 2.06 bits per heavy atom. The number of hydrogen-bond acceptors (Lipinski definition) is 2. The lowest BCUT2D eigenvalue weighted by atomic mass is 10.1. The van der Waals surface area contributed by atoms with Crippen molar-refractivity contribution in [2.45, 2.75) is 26.1 Å². The fourth-order valence-electron chi connectivity index (χ4n) is 1.33. The second kappa shape index (κ2) is 5.07. The van der Waals surface area contributed by atoms with Crippen LogP contribution in [0.4, 0.5) is 13.2 Å². The van der Waals surface area contributed by atoms with Gasteiger partial charge in [0.1, 0.15) is 5.75 Å². The van der Waals surface area contributed by atoms with Gasteiger partial charge in [-0.2, -0.15) is 0 Å². The molecule has 0 spiro atoms. The van der Waals surface area contributed by atoms with Crippen LogP contribution in [0.25, 0.3) is 0 Å². The standard InChI is InChI=1S/C11H11F3O3/c1-7-2-3-8(4-5-10(15)16)9(6-7)17-11(12,13)14/h2-3,6H,4-5H2,1H3,(H,15,16). The lowest BCUT2D eigenvalue weighted by Crippen LogP contribution is -2.18. The Labute approximate surface area is 95.8 Å². The molecule has 0 aliphatic carbocycles. The summed E-state index contributed by atoms with van der Waals surface area (Å²) in [5.41, 5.74) is 0.846. The molecule has 1 aromatic carbocycles. The fourth-order valence-corrected chi connectivity index (χ4v) is 1.33. The van der Waals surface area contributed by atoms with E-state index in [1.807, 2.05) is 0 Å². The van der Waals surface area contributed by atoms with Gasteiger partial charge in [-0.15, -0.1) is 13.2 Å². The first-order valence-corrected chi connectivity index (χ1v) is 4.85. The summed E-state index contributed by atoms with van der Waals surface area (Å²) in [6.07, 6.45) is -5.01. The zero-order valence-electron chi connectivity index (χ0n) is 9.04. The Bertz CT molecular complexity index is 413. The third-order valence-corrected chi connectivity index (χ3v) is 2.06. The van der Waals surface area contributed by atoms with Gasteiger partial charge in [0, 0.05) is 6.42 Å². The van der Waals surface area contributed by atoms with E-state index >= 15 is 0 Å². The summed E-state index contributed by atoms with van der Waals surface area (Å²) in [7, 11) is 0. The lowest BCUT2D eigenvalue weighted by Gasteiger charge is -2.13. The smallest absolute Gasteiger partial charge is 0.481 e. The van der Waals surface area contributed by atoms with Crippen LogP contribution in [0, 0.1) is 6.92 Å². The Hall–Kier alpha value is -1.72. The quantitative estimate of drug-likeness (QED) is 0.891. The zero-order chi connectivity index (χ0) is 13.1. The molecule has 0 aliphatic rings. The van der Waals surface area contributed by atoms with Gasteiger partial charge in [-0.25, -0.2) is 0 Å². The lowest BCUT2D eigenvalue weighted by molar-refractivity contribution is -0.274. The van der Waals surface area contributed by atoms with E-state index < -0.39 is 12.3 Å². The minimum Gasteiger partial charge on any atom is -0.481 e. The van der Waals surface area contributed by atoms with Crippen LogP contribution >= 0.6 is 0 Å². The number of halogens is 3. The Kier molecular flexibility index (Phi) is 3.98. The summed E-state index contributed by atoms with van der Waals surface area (Å²) >= 11 is 0. The van der Waals surface area contributed by atoms with Crippen molar-refractivity contribution in [1.82, 2.24) is 0 Å². The molecule has 0 atom stereocenters. The molecule has 17 heavy (non-hydrogen) atoms. The molecule has 0 radical (unpaired) electrons. The number of hydrogen-bond donors (Lipinski definition) is 1. The Morgan fingerprint density at radius 3 is 2.59 bits per heavy atom. The molecule has 1 aromatic rings. The van der Waals surface area contributed by atoms with Gasteiger partial charge in [-0.3, -0.25) is 4.79 Å². The van der Waals surface area contributed by atoms with E-state index in [0.29, 0.717) is 5.56 Å². The maximum absolute atomic E-state index is 12.1. The maximum atomic E-state index is 12.1. The highest BCUT2D eigenvalue weighted by Gasteiger charge is 2.32. The molecule has 0 saturated carbocycles. The van der Waals surface area contributed by atoms with Gasteiger partial charge < -0.3 is 9.84 Å². The SMILES string of the molecule is Cc1ccc(CCC(=O)O)c(OC(F)(F)F)c1. The minimum atomic E-state index is -4.77. The molecule has 0 heterocycles. The molecule has 0 aromatic heterocycles. The van der Waals surface area contributed by atoms with Gasteiger partial charge in [-0.1, -0.05) is 12.1 Å². The molecule has 0 unspecified atom stereocenters. The van der Waals surface area contributed by atoms with Gasteiger partial charge in [0.2, 0.25) is 0 Å². The van der Waals surface area contributed by atoms with E-state index in [1.165, 1.54) is 12.1 Å². The van der Waals surface area contributed by atoms with Gasteiger partial charge >= 0.3 is 12.3 Å². The monoisotopic (exact) mass is 248 g/mol. The number of ether oxygens (including phenoxy) is 1. The highest BCUT2D eigenvalue weighted by molar-refractivity contribution is 5.67. The van der Waals surface area contributed by atoms with Crippen LogP contribution in [0.5, 0.6) is 5.75 Å². The van der Waals surface area contributed by atoms with Crippen molar-refractivity contribution >= 4 is 5.97 Å². The van der Waals surface area contributed by atoms with Crippen molar-refractivity contribution in [3.05, 3.63) is 29.3 Å². The van der Waals surface area contributed by atoms with Crippen molar-refractivity contribution in [1.29, 1.82) is 0 Å². The van der Waals surface area contributed by atoms with E-state index in [0.717, 1.165) is 0 Å². The minimum absolute atomic E-state index is 0.00102. The number of aryl methyl sites for hydroxylation is 2. The van der Waals surface area contributed by atoms with Crippen molar-refractivity contribution < 1.29 is 27.8 Å². The van der Waals surface area contributed by atoms with Crippen molar-refractivity contribution in [3.8, 4) is 5.75 Å². The molecular formula is C11H11F3O3. The molecule has 0 bridgehead atoms. The highest BCUT2D eigenvalue weighted by Crippen LogP contribution is 2.28. The average molecular weight is 248 g/mol. The molecule has 0 aliphatic heterocycles. The van der Waals surface area contributed by atoms with Crippen LogP contribution in [0.3, 0.4) is 0 Å². The number of carbonyl (C=O) groups is 1. The third kappa shape index (κ3) is 4.76. The molecule has 94 valence electrons. The number of aliphatic carboxylic acids is 1. The summed E-state index contributed by atoms with van der Waals surface area (Å²) in [4.78, 5) is 10.4. The molecule has 0 fully saturated rings. The molecule has 1 rings (SSSR count). The summed E-state index contributed by atoms with van der Waals surface area (Å²) in [5, 5.41) is 8.49. The number of rotatable bonds is 4. The van der Waals surface area contributed by atoms with Crippen LogP contribution in [0.2, 0.25) is 0 Å². The van der Waals surface area contributed by atoms with Gasteiger partial charge in [0.15, 0.2) is 0 Å². The van der Waals surface area contributed by atoms with Crippen molar-refractivity contribution in [2.24, 2.45) is 0 Å². The van der Waals surface area contributed by atoms with E-state index in [1.54, 1.807) is 13.0 Å². The fraction of sp³-hybridized carbons (Fsp3) is 0.364. The molecule has 1 N–H and O–H groups in total. The topological polar surface area (TPSA) is 46.5 Å². The summed E-state index contributed by atoms with van der Waals surface area (Å²) in [5.74, 6) is -1.40. The van der Waals surface area contributed by atoms with E-state index in [2.05, 4.69) is 4.74 Å². The molecule has 6 heteroatoms. The van der Waals surface area contributed by atoms with Crippen molar-refractivity contribution in [3.63, 3.8) is 0 Å². The van der Waals surface area contributed by atoms with Crippen LogP contribution < -0.4 is 4.74 Å². The largest absolute Gasteiger partial charge is 0.573 e. The van der Waals surface area contributed by atoms with Gasteiger partial charge in [-0.05, 0) is 30.5 Å². The second-order valence-corrected chi connectivity index (χ2v) is 3.55. The summed E-state index contributed by atoms with van der Waals surface area (Å²) < 4.78 is 40.2. The molecular weight excluding hydrogens is 237 g/mol. The normalized spacial score (nSPS) is 11.3. The summed E-state index contributed by atoms with van der Waals surface area (Å²) in [6, 6.07) is 4.30. The van der Waals surface area contributed by atoms with Gasteiger partial charge in [0.25, 0.3) is 0 Å². The van der Waals surface area contributed by atoms with Crippen LogP contribution in [0.15, 0.2) is 18.2 Å². The Balaban J connectivity index is 2.91. The van der Waals surface area contributed by atoms with Crippen LogP contribution in [-0.2, 0) is 11.2 Å². The summed E-state index contributed by atoms with van der Waals surface area (Å²) in [6.45, 7) is 1.63. The van der Waals surface area contributed by atoms with E-state index in [4.69, 9.17) is 5.11 Å². The predicted molar refractivity (Wildman–Crippen MR) is 53.8 cm³/mol. The first-order chi connectivity index (χ1) is 7.78. The Morgan fingerprint density at radius 1 is 1.41 bits per heavy atom. The van der Waals surface area contributed by atoms with Crippen LogP contribution in [-0.4, -0.2) is 17.4 Å².